The minimum Gasteiger partial charge on any atom is -0.379 e. The normalized spacial score (nSPS) is 13.0. The maximum atomic E-state index is 6.33. The first-order chi connectivity index (χ1) is 10.1. The van der Waals surface area contributed by atoms with Crippen molar-refractivity contribution in [3.05, 3.63) is 30.0 Å². The van der Waals surface area contributed by atoms with Crippen LogP contribution in [0, 0.1) is 0 Å². The summed E-state index contributed by atoms with van der Waals surface area (Å²) < 4.78 is 5.60. The Balaban J connectivity index is 2.27. The molecule has 0 aliphatic heterocycles. The number of fused-ring (bicyclic) bond motifs is 1. The van der Waals surface area contributed by atoms with Crippen LogP contribution in [-0.4, -0.2) is 28.4 Å². The van der Waals surface area contributed by atoms with Gasteiger partial charge in [0.05, 0.1) is 17.3 Å². The molecule has 21 heavy (non-hydrogen) atoms. The van der Waals surface area contributed by atoms with Gasteiger partial charge in [0.2, 0.25) is 0 Å². The molecule has 2 aromatic rings. The van der Waals surface area contributed by atoms with Crippen LogP contribution in [0.25, 0.3) is 10.9 Å². The van der Waals surface area contributed by atoms with Crippen molar-refractivity contribution in [2.24, 2.45) is 5.73 Å². The fourth-order valence-corrected chi connectivity index (χ4v) is 2.71. The summed E-state index contributed by atoms with van der Waals surface area (Å²) >= 11 is 1.64. The summed E-state index contributed by atoms with van der Waals surface area (Å²) in [6.07, 6.45) is 0.987. The molecule has 0 aliphatic rings. The molecule has 1 unspecified atom stereocenters. The van der Waals surface area contributed by atoms with Crippen molar-refractivity contribution in [3.63, 3.8) is 0 Å². The number of rotatable bonds is 7. The number of nitrogens with two attached hydrogens (primary N) is 1. The largest absolute Gasteiger partial charge is 0.379 e. The van der Waals surface area contributed by atoms with E-state index in [4.69, 9.17) is 10.5 Å². The van der Waals surface area contributed by atoms with E-state index in [9.17, 15) is 0 Å². The number of aromatic nitrogens is 2. The first-order valence-electron chi connectivity index (χ1n) is 7.38. The average Bonchev–Trinajstić information content (AvgIpc) is 2.46. The predicted molar refractivity (Wildman–Crippen MR) is 88.6 cm³/mol. The van der Waals surface area contributed by atoms with E-state index >= 15 is 0 Å². The Hall–Kier alpha value is -1.17. The van der Waals surface area contributed by atoms with Gasteiger partial charge in [-0.25, -0.2) is 9.97 Å². The first-order valence-corrected chi connectivity index (χ1v) is 8.37. The Labute approximate surface area is 130 Å². The Morgan fingerprint density at radius 3 is 2.71 bits per heavy atom. The molecular weight excluding hydrogens is 282 g/mol. The lowest BCUT2D eigenvalue weighted by atomic mass is 10.1. The molecule has 0 saturated heterocycles. The van der Waals surface area contributed by atoms with E-state index in [1.165, 1.54) is 0 Å². The lowest BCUT2D eigenvalue weighted by molar-refractivity contribution is 0.0735. The zero-order chi connectivity index (χ0) is 15.2. The van der Waals surface area contributed by atoms with Crippen molar-refractivity contribution in [2.75, 3.05) is 12.4 Å². The molecule has 1 aromatic heterocycles. The van der Waals surface area contributed by atoms with Crippen LogP contribution in [0.2, 0.25) is 0 Å². The molecule has 2 N–H and O–H groups in total. The molecule has 1 aromatic carbocycles. The van der Waals surface area contributed by atoms with Gasteiger partial charge in [-0.05, 0) is 32.1 Å². The second-order valence-electron chi connectivity index (χ2n) is 5.16. The molecular formula is C16H23N3OS. The molecule has 5 heteroatoms. The van der Waals surface area contributed by atoms with Gasteiger partial charge in [-0.1, -0.05) is 36.9 Å². The molecule has 0 fully saturated rings. The average molecular weight is 305 g/mol. The van der Waals surface area contributed by atoms with Gasteiger partial charge < -0.3 is 10.5 Å². The number of para-hydroxylation sites is 1. The van der Waals surface area contributed by atoms with Gasteiger partial charge in [-0.2, -0.15) is 0 Å². The van der Waals surface area contributed by atoms with Crippen molar-refractivity contribution < 1.29 is 4.74 Å². The van der Waals surface area contributed by atoms with Crippen molar-refractivity contribution >= 4 is 22.7 Å². The van der Waals surface area contributed by atoms with Gasteiger partial charge in [0.15, 0.2) is 5.16 Å². The van der Waals surface area contributed by atoms with E-state index in [1.54, 1.807) is 11.8 Å². The first kappa shape index (κ1) is 16.2. The summed E-state index contributed by atoms with van der Waals surface area (Å²) in [4.78, 5) is 9.24. The van der Waals surface area contributed by atoms with Gasteiger partial charge in [0, 0.05) is 18.0 Å². The maximum Gasteiger partial charge on any atom is 0.188 e. The lowest BCUT2D eigenvalue weighted by Gasteiger charge is -2.15. The van der Waals surface area contributed by atoms with Crippen LogP contribution in [0.5, 0.6) is 0 Å². The zero-order valence-corrected chi connectivity index (χ0v) is 13.7. The molecule has 0 spiro atoms. The van der Waals surface area contributed by atoms with E-state index in [2.05, 4.69) is 16.9 Å². The van der Waals surface area contributed by atoms with E-state index in [0.717, 1.165) is 33.9 Å². The standard InChI is InChI=1S/C16H23N3OS/c1-4-21-16-18-14-8-6-5-7-12(14)15(19-16)13(17)9-10-20-11(2)3/h5-8,11,13H,4,9-10,17H2,1-3H3. The summed E-state index contributed by atoms with van der Waals surface area (Å²) in [5.41, 5.74) is 8.21. The predicted octanol–water partition coefficient (Wildman–Crippen LogP) is 3.56. The fraction of sp³-hybridized carbons (Fsp3) is 0.500. The summed E-state index contributed by atoms with van der Waals surface area (Å²) in [6, 6.07) is 7.91. The summed E-state index contributed by atoms with van der Waals surface area (Å²) in [7, 11) is 0. The third-order valence-corrected chi connectivity index (χ3v) is 3.85. The van der Waals surface area contributed by atoms with Crippen LogP contribution < -0.4 is 5.73 Å². The SMILES string of the molecule is CCSc1nc(C(N)CCOC(C)C)c2ccccc2n1. The van der Waals surface area contributed by atoms with Crippen molar-refractivity contribution in [1.82, 2.24) is 9.97 Å². The van der Waals surface area contributed by atoms with E-state index in [0.29, 0.717) is 6.61 Å². The van der Waals surface area contributed by atoms with Gasteiger partial charge in [0.1, 0.15) is 0 Å². The molecule has 1 heterocycles. The Bertz CT molecular complexity index is 589. The summed E-state index contributed by atoms with van der Waals surface area (Å²) in [5.74, 6) is 0.948. The topological polar surface area (TPSA) is 61.0 Å². The number of benzene rings is 1. The van der Waals surface area contributed by atoms with Crippen LogP contribution in [-0.2, 0) is 4.74 Å². The molecule has 0 aliphatic carbocycles. The van der Waals surface area contributed by atoms with Crippen LogP contribution >= 0.6 is 11.8 Å². The highest BCUT2D eigenvalue weighted by atomic mass is 32.2. The summed E-state index contributed by atoms with van der Waals surface area (Å²) in [5, 5.41) is 1.83. The van der Waals surface area contributed by atoms with E-state index < -0.39 is 0 Å². The van der Waals surface area contributed by atoms with Gasteiger partial charge >= 0.3 is 0 Å². The number of nitrogens with zero attached hydrogens (tertiary/aromatic N) is 2. The van der Waals surface area contributed by atoms with E-state index in [1.807, 2.05) is 38.1 Å². The van der Waals surface area contributed by atoms with Crippen molar-refractivity contribution in [3.8, 4) is 0 Å². The second-order valence-corrected chi connectivity index (χ2v) is 6.39. The molecule has 1 atom stereocenters. The Morgan fingerprint density at radius 1 is 1.24 bits per heavy atom. The number of hydrogen-bond donors (Lipinski definition) is 1. The highest BCUT2D eigenvalue weighted by Crippen LogP contribution is 2.25. The van der Waals surface area contributed by atoms with Gasteiger partial charge in [-0.3, -0.25) is 0 Å². The summed E-state index contributed by atoms with van der Waals surface area (Å²) in [6.45, 7) is 6.80. The van der Waals surface area contributed by atoms with Gasteiger partial charge in [-0.15, -0.1) is 0 Å². The molecule has 4 nitrogen and oxygen atoms in total. The molecule has 0 radical (unpaired) electrons. The van der Waals surface area contributed by atoms with Crippen LogP contribution in [0.1, 0.15) is 38.9 Å². The Morgan fingerprint density at radius 2 is 2.00 bits per heavy atom. The van der Waals surface area contributed by atoms with Crippen LogP contribution in [0.3, 0.4) is 0 Å². The monoisotopic (exact) mass is 305 g/mol. The minimum absolute atomic E-state index is 0.132. The van der Waals surface area contributed by atoms with E-state index in [-0.39, 0.29) is 12.1 Å². The van der Waals surface area contributed by atoms with Crippen molar-refractivity contribution in [1.29, 1.82) is 0 Å². The minimum atomic E-state index is -0.132. The lowest BCUT2D eigenvalue weighted by Crippen LogP contribution is -2.17. The zero-order valence-electron chi connectivity index (χ0n) is 12.9. The molecule has 0 bridgehead atoms. The second kappa shape index (κ2) is 7.73. The smallest absolute Gasteiger partial charge is 0.188 e. The van der Waals surface area contributed by atoms with Crippen molar-refractivity contribution in [2.45, 2.75) is 44.5 Å². The molecule has 0 saturated carbocycles. The highest BCUT2D eigenvalue weighted by molar-refractivity contribution is 7.99. The van der Waals surface area contributed by atoms with Gasteiger partial charge in [0.25, 0.3) is 0 Å². The fourth-order valence-electron chi connectivity index (χ4n) is 2.12. The third kappa shape index (κ3) is 4.40. The molecule has 114 valence electrons. The Kier molecular flexibility index (Phi) is 5.96. The quantitative estimate of drug-likeness (QED) is 0.626. The highest BCUT2D eigenvalue weighted by Gasteiger charge is 2.14. The number of hydrogen-bond acceptors (Lipinski definition) is 5. The van der Waals surface area contributed by atoms with Crippen LogP contribution in [0.4, 0.5) is 0 Å². The molecule has 2 rings (SSSR count). The maximum absolute atomic E-state index is 6.33. The number of ether oxygens (including phenoxy) is 1. The molecule has 0 amide bonds. The number of thioether (sulfide) groups is 1. The third-order valence-electron chi connectivity index (χ3n) is 3.12. The van der Waals surface area contributed by atoms with Crippen LogP contribution in [0.15, 0.2) is 29.4 Å².